The van der Waals surface area contributed by atoms with Crippen LogP contribution in [0.4, 0.5) is 0 Å². The van der Waals surface area contributed by atoms with E-state index in [0.29, 0.717) is 12.0 Å². The van der Waals surface area contributed by atoms with Crippen molar-refractivity contribution >= 4 is 7.85 Å². The lowest BCUT2D eigenvalue weighted by Gasteiger charge is -2.35. The van der Waals surface area contributed by atoms with Gasteiger partial charge in [-0.25, -0.2) is 0 Å². The molecular weight excluding hydrogens is 217 g/mol. The highest BCUT2D eigenvalue weighted by atomic mass is 15.1. The number of nitrogens with zero attached hydrogens (tertiary/aromatic N) is 1. The van der Waals surface area contributed by atoms with Crippen molar-refractivity contribution in [3.05, 3.63) is 12.3 Å². The Kier molecular flexibility index (Phi) is 9.31. The SMILES string of the molecule is BC(C)CC(C(C)C)N(C)C(=C)CCCCCC. The summed E-state index contributed by atoms with van der Waals surface area (Å²) in [4.78, 5) is 2.44. The van der Waals surface area contributed by atoms with E-state index >= 15 is 0 Å². The molecule has 0 aromatic carbocycles. The highest BCUT2D eigenvalue weighted by Crippen LogP contribution is 2.24. The van der Waals surface area contributed by atoms with Crippen LogP contribution in [0.3, 0.4) is 0 Å². The Balaban J connectivity index is 4.20. The number of hydrogen-bond donors (Lipinski definition) is 0. The number of rotatable bonds is 10. The quantitative estimate of drug-likeness (QED) is 0.414. The first-order valence-electron chi connectivity index (χ1n) is 7.80. The molecule has 0 aromatic heterocycles. The molecule has 1 nitrogen and oxygen atoms in total. The van der Waals surface area contributed by atoms with Crippen LogP contribution in [-0.4, -0.2) is 25.8 Å². The molecule has 0 aliphatic carbocycles. The summed E-state index contributed by atoms with van der Waals surface area (Å²) in [6, 6.07) is 0.642. The van der Waals surface area contributed by atoms with E-state index in [9.17, 15) is 0 Å². The van der Waals surface area contributed by atoms with Crippen LogP contribution in [-0.2, 0) is 0 Å². The van der Waals surface area contributed by atoms with Crippen molar-refractivity contribution in [1.29, 1.82) is 0 Å². The standard InChI is InChI=1S/C16H34BN/c1-7-8-9-10-11-15(5)18(6)16(13(2)3)12-14(4)17/h13-14,16H,5,7-12,17H2,1-4,6H3. The lowest BCUT2D eigenvalue weighted by atomic mass is 9.80. The summed E-state index contributed by atoms with van der Waals surface area (Å²) in [5, 5.41) is 0. The first-order chi connectivity index (χ1) is 8.40. The van der Waals surface area contributed by atoms with Gasteiger partial charge in [0.1, 0.15) is 7.85 Å². The maximum Gasteiger partial charge on any atom is 0.105 e. The Morgan fingerprint density at radius 1 is 1.17 bits per heavy atom. The van der Waals surface area contributed by atoms with E-state index < -0.39 is 0 Å². The first-order valence-corrected chi connectivity index (χ1v) is 7.80. The third-order valence-corrected chi connectivity index (χ3v) is 3.80. The molecule has 0 N–H and O–H groups in total. The Labute approximate surface area is 116 Å². The third-order valence-electron chi connectivity index (χ3n) is 3.80. The Bertz CT molecular complexity index is 223. The van der Waals surface area contributed by atoms with Crippen LogP contribution >= 0.6 is 0 Å². The van der Waals surface area contributed by atoms with Crippen LogP contribution in [0.5, 0.6) is 0 Å². The molecule has 0 aliphatic heterocycles. The molecule has 2 unspecified atom stereocenters. The number of unbranched alkanes of at least 4 members (excludes halogenated alkanes) is 3. The largest absolute Gasteiger partial charge is 0.375 e. The van der Waals surface area contributed by atoms with Crippen molar-refractivity contribution in [2.75, 3.05) is 7.05 Å². The van der Waals surface area contributed by atoms with E-state index in [0.717, 1.165) is 12.2 Å². The zero-order valence-electron chi connectivity index (χ0n) is 13.6. The van der Waals surface area contributed by atoms with Crippen molar-refractivity contribution in [3.8, 4) is 0 Å². The van der Waals surface area contributed by atoms with Gasteiger partial charge in [0.2, 0.25) is 0 Å². The molecule has 2 atom stereocenters. The summed E-state index contributed by atoms with van der Waals surface area (Å²) in [6.07, 6.45) is 7.74. The summed E-state index contributed by atoms with van der Waals surface area (Å²) in [5.74, 6) is 1.46. The van der Waals surface area contributed by atoms with E-state index in [1.807, 2.05) is 0 Å². The summed E-state index contributed by atoms with van der Waals surface area (Å²) < 4.78 is 0. The minimum absolute atomic E-state index is 0.642. The second-order valence-electron chi connectivity index (χ2n) is 6.43. The molecule has 0 saturated carbocycles. The van der Waals surface area contributed by atoms with Crippen molar-refractivity contribution in [2.45, 2.75) is 78.1 Å². The second-order valence-corrected chi connectivity index (χ2v) is 6.43. The van der Waals surface area contributed by atoms with Crippen LogP contribution in [0.25, 0.3) is 0 Å². The zero-order valence-corrected chi connectivity index (χ0v) is 13.6. The Morgan fingerprint density at radius 3 is 2.22 bits per heavy atom. The van der Waals surface area contributed by atoms with Gasteiger partial charge in [-0.05, 0) is 25.2 Å². The fourth-order valence-electron chi connectivity index (χ4n) is 2.53. The Hall–Kier alpha value is -0.395. The lowest BCUT2D eigenvalue weighted by Crippen LogP contribution is -2.35. The van der Waals surface area contributed by atoms with E-state index in [1.165, 1.54) is 37.8 Å². The molecule has 0 aromatic rings. The lowest BCUT2D eigenvalue weighted by molar-refractivity contribution is 0.218. The van der Waals surface area contributed by atoms with E-state index in [1.54, 1.807) is 0 Å². The summed E-state index contributed by atoms with van der Waals surface area (Å²) >= 11 is 0. The molecule has 0 amide bonds. The highest BCUT2D eigenvalue weighted by Gasteiger charge is 2.20. The minimum Gasteiger partial charge on any atom is -0.375 e. The fraction of sp³-hybridized carbons (Fsp3) is 0.875. The predicted octanol–water partition coefficient (Wildman–Crippen LogP) is 4.26. The van der Waals surface area contributed by atoms with Crippen molar-refractivity contribution in [1.82, 2.24) is 4.90 Å². The van der Waals surface area contributed by atoms with Gasteiger partial charge < -0.3 is 4.90 Å². The van der Waals surface area contributed by atoms with Crippen LogP contribution in [0.2, 0.25) is 5.82 Å². The zero-order chi connectivity index (χ0) is 14.1. The first kappa shape index (κ1) is 17.6. The van der Waals surface area contributed by atoms with Crippen LogP contribution in [0.1, 0.15) is 66.2 Å². The van der Waals surface area contributed by atoms with Gasteiger partial charge in [-0.3, -0.25) is 0 Å². The molecule has 2 heteroatoms. The molecule has 0 spiro atoms. The molecule has 0 saturated heterocycles. The smallest absolute Gasteiger partial charge is 0.105 e. The molecule has 0 aliphatic rings. The van der Waals surface area contributed by atoms with Gasteiger partial charge in [-0.2, -0.15) is 0 Å². The van der Waals surface area contributed by atoms with Gasteiger partial charge in [0.05, 0.1) is 0 Å². The molecular formula is C16H34BN. The molecule has 106 valence electrons. The second kappa shape index (κ2) is 9.52. The molecule has 18 heavy (non-hydrogen) atoms. The average molecular weight is 251 g/mol. The molecule has 0 heterocycles. The topological polar surface area (TPSA) is 3.24 Å². The van der Waals surface area contributed by atoms with Crippen LogP contribution < -0.4 is 0 Å². The van der Waals surface area contributed by atoms with Gasteiger partial charge in [0.25, 0.3) is 0 Å². The normalized spacial score (nSPS) is 14.6. The van der Waals surface area contributed by atoms with Crippen molar-refractivity contribution < 1.29 is 0 Å². The maximum atomic E-state index is 4.29. The minimum atomic E-state index is 0.642. The molecule has 0 radical (unpaired) electrons. The number of allylic oxidation sites excluding steroid dienone is 1. The van der Waals surface area contributed by atoms with Crippen molar-refractivity contribution in [3.63, 3.8) is 0 Å². The van der Waals surface area contributed by atoms with Gasteiger partial charge in [0.15, 0.2) is 0 Å². The van der Waals surface area contributed by atoms with E-state index in [-0.39, 0.29) is 0 Å². The summed E-state index contributed by atoms with van der Waals surface area (Å²) in [6.45, 7) is 13.5. The molecule has 0 fully saturated rings. The summed E-state index contributed by atoms with van der Waals surface area (Å²) in [5.41, 5.74) is 1.32. The molecule has 0 bridgehead atoms. The average Bonchev–Trinajstić information content (AvgIpc) is 2.30. The van der Waals surface area contributed by atoms with Crippen LogP contribution in [0.15, 0.2) is 12.3 Å². The highest BCUT2D eigenvalue weighted by molar-refractivity contribution is 6.11. The van der Waals surface area contributed by atoms with Gasteiger partial charge in [-0.1, -0.05) is 59.4 Å². The Morgan fingerprint density at radius 2 is 1.78 bits per heavy atom. The fourth-order valence-corrected chi connectivity index (χ4v) is 2.53. The van der Waals surface area contributed by atoms with E-state index in [4.69, 9.17) is 0 Å². The van der Waals surface area contributed by atoms with Crippen LogP contribution in [0, 0.1) is 5.92 Å². The number of hydrogen-bond acceptors (Lipinski definition) is 1. The van der Waals surface area contributed by atoms with Gasteiger partial charge >= 0.3 is 0 Å². The van der Waals surface area contributed by atoms with Gasteiger partial charge in [0, 0.05) is 18.8 Å². The van der Waals surface area contributed by atoms with E-state index in [2.05, 4.69) is 54.1 Å². The van der Waals surface area contributed by atoms with Gasteiger partial charge in [-0.15, -0.1) is 0 Å². The predicted molar refractivity (Wildman–Crippen MR) is 86.9 cm³/mol. The monoisotopic (exact) mass is 251 g/mol. The maximum absolute atomic E-state index is 4.29. The third kappa shape index (κ3) is 7.13. The summed E-state index contributed by atoms with van der Waals surface area (Å²) in [7, 11) is 4.54. The van der Waals surface area contributed by atoms with Crippen molar-refractivity contribution in [2.24, 2.45) is 5.92 Å². The molecule has 0 rings (SSSR count).